The smallest absolute Gasteiger partial charge is 0.270 e. The summed E-state index contributed by atoms with van der Waals surface area (Å²) < 4.78 is 47.2. The molecule has 3 aliphatic carbocycles. The van der Waals surface area contributed by atoms with Gasteiger partial charge >= 0.3 is 0 Å². The van der Waals surface area contributed by atoms with E-state index in [-0.39, 0.29) is 28.9 Å². The average Bonchev–Trinajstić information content (AvgIpc) is 4.04. The topological polar surface area (TPSA) is 138 Å². The minimum atomic E-state index is -4.02. The van der Waals surface area contributed by atoms with Crippen LogP contribution in [-0.2, 0) is 46.5 Å². The molecule has 12 nitrogen and oxygen atoms in total. The lowest BCUT2D eigenvalue weighted by molar-refractivity contribution is -0.148. The van der Waals surface area contributed by atoms with Crippen molar-refractivity contribution in [1.82, 2.24) is 14.5 Å². The van der Waals surface area contributed by atoms with Crippen LogP contribution in [0.25, 0.3) is 0 Å². The molecule has 1 saturated heterocycles. The monoisotopic (exact) mass is 810 g/mol. The fourth-order valence-electron chi connectivity index (χ4n) is 9.34. The third-order valence-electron chi connectivity index (χ3n) is 13.1. The lowest BCUT2D eigenvalue weighted by atomic mass is 9.68. The van der Waals surface area contributed by atoms with Crippen LogP contribution >= 0.6 is 11.6 Å². The van der Waals surface area contributed by atoms with Gasteiger partial charge in [-0.15, -0.1) is 0 Å². The standard InChI is InChI=1S/C42H55ClN4O8S/c1-45-16-3-2-6-37(54-22-19-46-17-20-53-21-18-46)34-12-7-30(34)26-47-27-41(15-4-5-29-23-32(43)9-13-35(29)41)28-55-38-14-8-31(24-36(38)47)42(50,25-39(45)48)40(49)44-56(51,52)33-10-11-33/h2,6,8-9,13-14,23-24,30,33-34,37,50H,3-5,7,10-12,15-22,25-28H2,1H3,(H,44,49)/b6-2+/t30-,34+,37-,41-,42+/m0/s1. The molecule has 0 unspecified atom stereocenters. The number of carbonyl (C=O) groups excluding carboxylic acids is 2. The van der Waals surface area contributed by atoms with E-state index in [1.165, 1.54) is 16.0 Å². The number of ether oxygens (including phenoxy) is 3. The van der Waals surface area contributed by atoms with Gasteiger partial charge in [-0.2, -0.15) is 0 Å². The Kier molecular flexibility index (Phi) is 11.5. The third-order valence-corrected chi connectivity index (χ3v) is 15.1. The number of halogens is 1. The Morgan fingerprint density at radius 3 is 2.68 bits per heavy atom. The van der Waals surface area contributed by atoms with Gasteiger partial charge in [0.25, 0.3) is 5.91 Å². The summed E-state index contributed by atoms with van der Waals surface area (Å²) >= 11 is 6.50. The number of rotatable bonds is 7. The molecule has 0 radical (unpaired) electrons. The van der Waals surface area contributed by atoms with Gasteiger partial charge in [-0.05, 0) is 104 Å². The van der Waals surface area contributed by atoms with Gasteiger partial charge in [0.05, 0.1) is 49.9 Å². The summed E-state index contributed by atoms with van der Waals surface area (Å²) in [7, 11) is -2.38. The Balaban J connectivity index is 1.17. The van der Waals surface area contributed by atoms with Gasteiger partial charge in [0.15, 0.2) is 5.60 Å². The highest BCUT2D eigenvalue weighted by molar-refractivity contribution is 7.90. The molecule has 6 aliphatic rings. The van der Waals surface area contributed by atoms with Gasteiger partial charge in [0, 0.05) is 56.8 Å². The number of fused-ring (bicyclic) bond motifs is 4. The van der Waals surface area contributed by atoms with Gasteiger partial charge < -0.3 is 29.1 Å². The first-order valence-electron chi connectivity index (χ1n) is 20.4. The van der Waals surface area contributed by atoms with Crippen molar-refractivity contribution in [3.63, 3.8) is 0 Å². The lowest BCUT2D eigenvalue weighted by Gasteiger charge is -2.46. The van der Waals surface area contributed by atoms with Crippen molar-refractivity contribution in [1.29, 1.82) is 0 Å². The maximum Gasteiger partial charge on any atom is 0.270 e. The number of aryl methyl sites for hydroxylation is 1. The van der Waals surface area contributed by atoms with E-state index in [0.717, 1.165) is 65.0 Å². The molecule has 2 saturated carbocycles. The number of anilines is 1. The number of sulfonamides is 1. The fraction of sp³-hybridized carbons (Fsp3) is 0.619. The number of carbonyl (C=O) groups is 2. The number of amides is 2. The predicted molar refractivity (Wildman–Crippen MR) is 213 cm³/mol. The van der Waals surface area contributed by atoms with Crippen LogP contribution in [0.15, 0.2) is 48.6 Å². The normalized spacial score (nSPS) is 30.7. The lowest BCUT2D eigenvalue weighted by Crippen LogP contribution is -2.51. The molecule has 2 N–H and O–H groups in total. The molecule has 3 heterocycles. The molecule has 5 atom stereocenters. The number of aliphatic hydroxyl groups is 1. The molecule has 1 spiro atoms. The fourth-order valence-corrected chi connectivity index (χ4v) is 10.9. The minimum absolute atomic E-state index is 0.0913. The number of morpholine rings is 1. The summed E-state index contributed by atoms with van der Waals surface area (Å²) in [6.45, 7) is 6.83. The molecule has 2 amide bonds. The van der Waals surface area contributed by atoms with E-state index in [4.69, 9.17) is 25.8 Å². The number of hydrogen-bond acceptors (Lipinski definition) is 10. The summed E-state index contributed by atoms with van der Waals surface area (Å²) in [5.74, 6) is -0.444. The van der Waals surface area contributed by atoms with Crippen LogP contribution in [0.5, 0.6) is 5.75 Å². The van der Waals surface area contributed by atoms with Crippen molar-refractivity contribution >= 4 is 39.1 Å². The zero-order valence-electron chi connectivity index (χ0n) is 32.3. The molecular weight excluding hydrogens is 756 g/mol. The maximum absolute atomic E-state index is 14.0. The van der Waals surface area contributed by atoms with Gasteiger partial charge in [-0.3, -0.25) is 19.2 Å². The van der Waals surface area contributed by atoms with Gasteiger partial charge in [-0.25, -0.2) is 8.42 Å². The van der Waals surface area contributed by atoms with Crippen LogP contribution < -0.4 is 14.4 Å². The largest absolute Gasteiger partial charge is 0.490 e. The van der Waals surface area contributed by atoms with Crippen molar-refractivity contribution < 1.29 is 37.3 Å². The zero-order valence-corrected chi connectivity index (χ0v) is 33.9. The second-order valence-corrected chi connectivity index (χ2v) is 19.2. The summed E-state index contributed by atoms with van der Waals surface area (Å²) in [6, 6.07) is 11.2. The van der Waals surface area contributed by atoms with E-state index >= 15 is 0 Å². The van der Waals surface area contributed by atoms with Crippen LogP contribution in [0.4, 0.5) is 5.69 Å². The first-order chi connectivity index (χ1) is 26.9. The first kappa shape index (κ1) is 39.6. The van der Waals surface area contributed by atoms with Gasteiger partial charge in [-0.1, -0.05) is 35.9 Å². The average molecular weight is 811 g/mol. The van der Waals surface area contributed by atoms with Gasteiger partial charge in [0.2, 0.25) is 15.9 Å². The van der Waals surface area contributed by atoms with Crippen LogP contribution in [-0.4, -0.2) is 119 Å². The summed E-state index contributed by atoms with van der Waals surface area (Å²) in [4.78, 5) is 34.1. The highest BCUT2D eigenvalue weighted by atomic mass is 35.5. The highest BCUT2D eigenvalue weighted by Gasteiger charge is 2.48. The zero-order chi connectivity index (χ0) is 39.1. The molecule has 2 aromatic carbocycles. The van der Waals surface area contributed by atoms with E-state index in [1.54, 1.807) is 25.2 Å². The Morgan fingerprint density at radius 1 is 1.09 bits per heavy atom. The number of benzene rings is 2. The Labute approximate surface area is 335 Å². The quantitative estimate of drug-likeness (QED) is 0.393. The predicted octanol–water partition coefficient (Wildman–Crippen LogP) is 4.16. The summed E-state index contributed by atoms with van der Waals surface area (Å²) in [5.41, 5.74) is 0.479. The molecule has 3 aliphatic heterocycles. The van der Waals surface area contributed by atoms with E-state index in [0.29, 0.717) is 68.6 Å². The van der Waals surface area contributed by atoms with Crippen molar-refractivity contribution in [3.8, 4) is 5.75 Å². The molecule has 3 fully saturated rings. The van der Waals surface area contributed by atoms with Crippen LogP contribution in [0.1, 0.15) is 68.1 Å². The van der Waals surface area contributed by atoms with Crippen LogP contribution in [0.3, 0.4) is 0 Å². The molecule has 0 aromatic heterocycles. The second-order valence-electron chi connectivity index (χ2n) is 16.8. The van der Waals surface area contributed by atoms with Crippen molar-refractivity contribution in [3.05, 3.63) is 70.3 Å². The Bertz CT molecular complexity index is 1940. The molecule has 304 valence electrons. The number of nitrogens with one attached hydrogen (secondary N) is 1. The summed E-state index contributed by atoms with van der Waals surface area (Å²) in [5, 5.41) is 12.4. The van der Waals surface area contributed by atoms with E-state index < -0.39 is 39.1 Å². The first-order valence-corrected chi connectivity index (χ1v) is 22.3. The number of nitrogens with zero attached hydrogens (tertiary/aromatic N) is 3. The SMILES string of the molecule is CN1CC/C=C/[C@H](OCCN2CCOCC2)[C@@H]2CC[C@H]2CN2C[C@@]3(CCCc4cc(Cl)ccc43)COc3ccc(cc32)[C@@](O)(C(=O)NS(=O)(=O)C2CC2)CC1=O. The van der Waals surface area contributed by atoms with Gasteiger partial charge in [0.1, 0.15) is 5.75 Å². The van der Waals surface area contributed by atoms with Crippen molar-refractivity contribution in [2.24, 2.45) is 11.8 Å². The molecule has 56 heavy (non-hydrogen) atoms. The van der Waals surface area contributed by atoms with Crippen LogP contribution in [0, 0.1) is 11.8 Å². The van der Waals surface area contributed by atoms with E-state index in [2.05, 4.69) is 38.8 Å². The maximum atomic E-state index is 14.0. The third kappa shape index (κ3) is 8.22. The molecule has 2 aromatic rings. The Morgan fingerprint density at radius 2 is 1.91 bits per heavy atom. The minimum Gasteiger partial charge on any atom is -0.490 e. The Hall–Kier alpha value is -3.20. The van der Waals surface area contributed by atoms with E-state index in [1.807, 2.05) is 6.07 Å². The number of hydrogen-bond donors (Lipinski definition) is 2. The molecule has 2 bridgehead atoms. The second kappa shape index (κ2) is 16.2. The van der Waals surface area contributed by atoms with Crippen molar-refractivity contribution in [2.75, 3.05) is 77.6 Å². The van der Waals surface area contributed by atoms with Crippen molar-refractivity contribution in [2.45, 2.75) is 80.2 Å². The molecule has 8 rings (SSSR count). The highest BCUT2D eigenvalue weighted by Crippen LogP contribution is 2.48. The molecule has 14 heteroatoms. The molecular formula is C42H55ClN4O8S. The van der Waals surface area contributed by atoms with Crippen LogP contribution in [0.2, 0.25) is 5.02 Å². The van der Waals surface area contributed by atoms with E-state index in [9.17, 15) is 23.1 Å². The summed E-state index contributed by atoms with van der Waals surface area (Å²) in [6.07, 6.45) is 9.83.